The van der Waals surface area contributed by atoms with Crippen LogP contribution in [0.5, 0.6) is 0 Å². The molecule has 4 aliphatic rings. The maximum atomic E-state index is 13.5. The minimum atomic E-state index is -4.12. The molecule has 0 radical (unpaired) electrons. The standard InChI is InChI=1S/C26H46N8O8.Ga/c1-20-16-34(29-28-20)7-3-6-27-23(36)5-4-22(26(41)42)33-14-12-31(18-24(37)38)10-8-30(17-21(2)35)9-11-32(13-15-33)19-25(39)40;/h20,22H,3-19H2,1-2H3,(H,27,36)(H,37,38)(H,39,40)(H,41,42);/q;+3/p-3/i2T;. The molecule has 4 aliphatic heterocycles. The van der Waals surface area contributed by atoms with E-state index < -0.39 is 41.3 Å². The number of carbonyl (C=O) groups is 5. The summed E-state index contributed by atoms with van der Waals surface area (Å²) in [4.78, 5) is 71.7. The molecule has 17 heteroatoms. The molecule has 0 aromatic carbocycles. The van der Waals surface area contributed by atoms with Gasteiger partial charge < -0.3 is 0 Å². The Balaban J connectivity index is 1.46. The number of Topliss-reactive ketones (excluding diaryl/α,β-unsaturated/α-hetero) is 1. The molecule has 4 heterocycles. The fourth-order valence-electron chi connectivity index (χ4n) is 5.46. The first-order chi connectivity index (χ1) is 21.2. The molecular weight excluding hydrogens is 622 g/mol. The minimum absolute atomic E-state index is 0.0837. The first-order valence-corrected chi connectivity index (χ1v) is 17.9. The van der Waals surface area contributed by atoms with E-state index in [4.69, 9.17) is 12.0 Å². The number of hydrogen-bond donors (Lipinski definition) is 1. The third kappa shape index (κ3) is 11.1. The Labute approximate surface area is 259 Å². The van der Waals surface area contributed by atoms with Crippen molar-refractivity contribution in [3.05, 3.63) is 0 Å². The van der Waals surface area contributed by atoms with E-state index in [-0.39, 0.29) is 57.1 Å². The molecule has 4 atom stereocenters. The van der Waals surface area contributed by atoms with E-state index in [0.29, 0.717) is 71.9 Å². The first-order valence-electron chi connectivity index (χ1n) is 15.6. The third-order valence-corrected chi connectivity index (χ3v) is 10.6. The number of rotatable bonds is 9. The van der Waals surface area contributed by atoms with Crippen LogP contribution in [0.1, 0.15) is 34.5 Å². The zero-order valence-electron chi connectivity index (χ0n) is 25.9. The van der Waals surface area contributed by atoms with Gasteiger partial charge in [0.1, 0.15) is 0 Å². The average Bonchev–Trinajstić information content (AvgIpc) is 3.38. The Morgan fingerprint density at radius 3 is 2.23 bits per heavy atom. The monoisotopic (exact) mass is 666 g/mol. The van der Waals surface area contributed by atoms with Crippen LogP contribution in [0, 0.1) is 0 Å². The van der Waals surface area contributed by atoms with Crippen LogP contribution in [-0.4, -0.2) is 175 Å². The molecule has 0 aliphatic carbocycles. The second kappa shape index (κ2) is 16.5. The molecule has 1 N–H and O–H groups in total. The Morgan fingerprint density at radius 2 is 1.63 bits per heavy atom. The van der Waals surface area contributed by atoms with Crippen molar-refractivity contribution in [2.75, 3.05) is 91.6 Å². The summed E-state index contributed by atoms with van der Waals surface area (Å²) >= 11 is -4.12. The molecule has 238 valence electrons. The van der Waals surface area contributed by atoms with E-state index >= 15 is 0 Å². The van der Waals surface area contributed by atoms with Crippen molar-refractivity contribution >= 4 is 46.9 Å². The second-order valence-corrected chi connectivity index (χ2v) is 14.0. The number of amides is 1. The molecule has 4 rings (SSSR count). The first kappa shape index (κ1) is 31.8. The number of nitrogens with zero attached hydrogens (tertiary/aromatic N) is 7. The predicted octanol–water partition coefficient (Wildman–Crippen LogP) is -1.83. The molecule has 1 amide bonds. The summed E-state index contributed by atoms with van der Waals surface area (Å²) in [5.74, 6) is -2.36. The van der Waals surface area contributed by atoms with Gasteiger partial charge in [-0.15, -0.1) is 0 Å². The van der Waals surface area contributed by atoms with Crippen molar-refractivity contribution in [1.82, 2.24) is 29.9 Å². The van der Waals surface area contributed by atoms with E-state index in [1.807, 2.05) is 31.5 Å². The molecule has 0 aromatic heterocycles. The van der Waals surface area contributed by atoms with E-state index in [9.17, 15) is 24.0 Å². The Bertz CT molecular complexity index is 1040. The number of fused-ring (bicyclic) bond motifs is 7. The Morgan fingerprint density at radius 1 is 0.977 bits per heavy atom. The van der Waals surface area contributed by atoms with Gasteiger partial charge in [0.15, 0.2) is 0 Å². The fraction of sp³-hybridized carbons (Fsp3) is 0.808. The summed E-state index contributed by atoms with van der Waals surface area (Å²) in [7, 11) is 0. The molecular formula is C26H43GaN8O8. The van der Waals surface area contributed by atoms with Crippen LogP contribution < -0.4 is 5.32 Å². The Hall–Kier alpha value is -2.57. The van der Waals surface area contributed by atoms with Crippen LogP contribution in [0.3, 0.4) is 0 Å². The van der Waals surface area contributed by atoms with Gasteiger partial charge in [0.05, 0.1) is 6.04 Å². The van der Waals surface area contributed by atoms with E-state index in [1.165, 1.54) is 0 Å². The summed E-state index contributed by atoms with van der Waals surface area (Å²) in [5.41, 5.74) is 0. The molecule has 0 spiro atoms. The van der Waals surface area contributed by atoms with Crippen molar-refractivity contribution in [3.8, 4) is 0 Å². The number of nitrogens with one attached hydrogen (secondary N) is 1. The second-order valence-electron chi connectivity index (χ2n) is 11.3. The van der Waals surface area contributed by atoms with Gasteiger partial charge in [-0.25, -0.2) is 0 Å². The number of ketones is 1. The number of hydrogen-bond acceptors (Lipinski definition) is 15. The molecule has 16 nitrogen and oxygen atoms in total. The van der Waals surface area contributed by atoms with Crippen LogP contribution >= 0.6 is 0 Å². The molecule has 43 heavy (non-hydrogen) atoms. The van der Waals surface area contributed by atoms with Crippen LogP contribution in [-0.2, 0) is 34.6 Å². The summed E-state index contributed by atoms with van der Waals surface area (Å²) in [6, 6.07) is -0.623. The Kier molecular flexibility index (Phi) is 12.2. The van der Waals surface area contributed by atoms with Gasteiger partial charge in [-0.05, 0) is 6.92 Å². The summed E-state index contributed by atoms with van der Waals surface area (Å²) < 4.78 is 24.0. The third-order valence-electron chi connectivity index (χ3n) is 7.77. The van der Waals surface area contributed by atoms with Gasteiger partial charge in [0.25, 0.3) is 0 Å². The molecule has 0 aromatic rings. The fourth-order valence-corrected chi connectivity index (χ4v) is 7.70. The quantitative estimate of drug-likeness (QED) is 0.216. The van der Waals surface area contributed by atoms with Crippen molar-refractivity contribution in [1.29, 1.82) is 0 Å². The molecule has 3 saturated heterocycles. The van der Waals surface area contributed by atoms with Gasteiger partial charge in [-0.3, -0.25) is 0 Å². The summed E-state index contributed by atoms with van der Waals surface area (Å²) in [6.45, 7) is 7.03. The predicted molar refractivity (Wildman–Crippen MR) is 152 cm³/mol. The molecule has 3 fully saturated rings. The van der Waals surface area contributed by atoms with Crippen LogP contribution in [0.15, 0.2) is 10.3 Å². The van der Waals surface area contributed by atoms with Crippen molar-refractivity contribution in [3.63, 3.8) is 0 Å². The van der Waals surface area contributed by atoms with Gasteiger partial charge in [-0.2, -0.15) is 5.11 Å². The smallest absolute Gasteiger partial charge is 0.166 e. The van der Waals surface area contributed by atoms with E-state index in [2.05, 4.69) is 15.7 Å². The molecule has 4 unspecified atom stereocenters. The zero-order chi connectivity index (χ0) is 31.5. The molecule has 4 bridgehead atoms. The summed E-state index contributed by atoms with van der Waals surface area (Å²) in [6.07, 6.45) is 0.976. The zero-order valence-corrected chi connectivity index (χ0v) is 27.3. The SMILES string of the molecule is [3H]CC(=O)CN1CCN2CCN3CCN(CC1)CC(=O)[O][Ga]([O]C(=O)C2)[O]C(=O)C3CCC(=O)NCCCN1CC(C)N=N1. The van der Waals surface area contributed by atoms with Crippen molar-refractivity contribution in [2.45, 2.75) is 45.2 Å². The van der Waals surface area contributed by atoms with Crippen LogP contribution in [0.2, 0.25) is 0 Å². The van der Waals surface area contributed by atoms with Gasteiger partial charge in [0.2, 0.25) is 0 Å². The van der Waals surface area contributed by atoms with Gasteiger partial charge in [0, 0.05) is 0 Å². The molecule has 0 saturated carbocycles. The average molecular weight is 667 g/mol. The maximum absolute atomic E-state index is 13.5. The number of carbonyl (C=O) groups excluding carboxylic acids is 5. The topological polar surface area (TPSA) is 166 Å². The summed E-state index contributed by atoms with van der Waals surface area (Å²) in [5, 5.41) is 13.0. The van der Waals surface area contributed by atoms with Gasteiger partial charge >= 0.3 is 242 Å². The van der Waals surface area contributed by atoms with Crippen LogP contribution in [0.4, 0.5) is 0 Å². The van der Waals surface area contributed by atoms with Crippen molar-refractivity contribution in [2.24, 2.45) is 10.3 Å². The van der Waals surface area contributed by atoms with Gasteiger partial charge in [-0.1, -0.05) is 0 Å². The minimum Gasteiger partial charge on any atom is -0.166 e. The van der Waals surface area contributed by atoms with Crippen molar-refractivity contribution < 1.29 is 35.9 Å². The van der Waals surface area contributed by atoms with E-state index in [0.717, 1.165) is 6.54 Å². The van der Waals surface area contributed by atoms with Crippen LogP contribution in [0.25, 0.3) is 0 Å². The normalized spacial score (nSPS) is 29.4. The van der Waals surface area contributed by atoms with E-state index in [1.54, 1.807) is 0 Å².